The van der Waals surface area contributed by atoms with Crippen LogP contribution >= 0.6 is 0 Å². The summed E-state index contributed by atoms with van der Waals surface area (Å²) >= 11 is 0. The minimum atomic E-state index is -2.60. The molecule has 8 N–H and O–H groups in total. The van der Waals surface area contributed by atoms with Crippen LogP contribution in [-0.2, 0) is 25.5 Å². The number of ether oxygens (including phenoxy) is 1. The molecule has 1 unspecified atom stereocenters. The Bertz CT molecular complexity index is 1700. The van der Waals surface area contributed by atoms with Gasteiger partial charge in [0.1, 0.15) is 28.9 Å². The van der Waals surface area contributed by atoms with Crippen LogP contribution in [0.3, 0.4) is 0 Å². The number of nitrogens with two attached hydrogens (primary N) is 1. The Hall–Kier alpha value is -4.72. The first-order chi connectivity index (χ1) is 21.7. The lowest BCUT2D eigenvalue weighted by molar-refractivity contribution is -0.143. The van der Waals surface area contributed by atoms with Crippen molar-refractivity contribution >= 4 is 23.6 Å². The number of primary amides is 1. The van der Waals surface area contributed by atoms with E-state index >= 15 is 0 Å². The molecule has 3 aliphatic carbocycles. The molecular formula is C33H37N3O10. The van der Waals surface area contributed by atoms with Gasteiger partial charge >= 0.3 is 5.97 Å². The topological polar surface area (TPSA) is 220 Å². The third-order valence-electron chi connectivity index (χ3n) is 9.15. The predicted octanol–water partition coefficient (Wildman–Crippen LogP) is 1.32. The van der Waals surface area contributed by atoms with Gasteiger partial charge in [-0.1, -0.05) is 18.2 Å². The van der Waals surface area contributed by atoms with Gasteiger partial charge in [0.2, 0.25) is 0 Å². The number of phenols is 1. The first-order valence-electron chi connectivity index (χ1n) is 14.9. The smallest absolute Gasteiger partial charge is 0.307 e. The number of Topliss-reactive ketones (excluding diaryl/α,β-unsaturated/α-hetero) is 1. The Labute approximate surface area is 264 Å². The lowest BCUT2D eigenvalue weighted by Crippen LogP contribution is -2.62. The van der Waals surface area contributed by atoms with E-state index in [1.807, 2.05) is 0 Å². The van der Waals surface area contributed by atoms with Gasteiger partial charge in [-0.05, 0) is 74.7 Å². The molecule has 0 saturated heterocycles. The number of esters is 1. The van der Waals surface area contributed by atoms with Crippen molar-refractivity contribution < 1.29 is 49.4 Å². The molecule has 0 saturated carbocycles. The largest absolute Gasteiger partial charge is 0.509 e. The van der Waals surface area contributed by atoms with Gasteiger partial charge in [-0.15, -0.1) is 0 Å². The second kappa shape index (κ2) is 12.2. The number of amides is 2. The molecule has 13 heteroatoms. The van der Waals surface area contributed by atoms with Crippen LogP contribution in [0.1, 0.15) is 47.4 Å². The Morgan fingerprint density at radius 3 is 2.48 bits per heavy atom. The van der Waals surface area contributed by atoms with Gasteiger partial charge in [0, 0.05) is 29.2 Å². The number of likely N-dealkylation sites (N-methyl/N-ethyl adjacent to an activating group) is 1. The summed E-state index contributed by atoms with van der Waals surface area (Å²) in [5.41, 5.74) is 4.00. The molecule has 0 aromatic heterocycles. The summed E-state index contributed by atoms with van der Waals surface area (Å²) in [5, 5.41) is 59.7. The normalized spacial score (nSPS) is 25.5. The Kier molecular flexibility index (Phi) is 8.69. The summed E-state index contributed by atoms with van der Waals surface area (Å²) in [6, 6.07) is 8.54. The molecule has 0 bridgehead atoms. The Morgan fingerprint density at radius 1 is 1.11 bits per heavy atom. The summed E-state index contributed by atoms with van der Waals surface area (Å²) < 4.78 is 4.88. The molecule has 0 fully saturated rings. The highest BCUT2D eigenvalue weighted by atomic mass is 16.5. The van der Waals surface area contributed by atoms with Gasteiger partial charge in [-0.2, -0.15) is 0 Å². The second-order valence-corrected chi connectivity index (χ2v) is 12.0. The maximum atomic E-state index is 13.3. The van der Waals surface area contributed by atoms with E-state index in [0.717, 1.165) is 0 Å². The SMILES string of the molecule is CCOC(=O)CCNC(=O)c1cccc(-c2ccc(O)c3c2C[C@H]2C[C@H]4[C@H](N(C)C)C(=O)C(C(N)=O)=C(O)[C@@]4(O)C(O)=C2C3O)c1. The molecule has 5 rings (SSSR count). The van der Waals surface area contributed by atoms with E-state index < -0.39 is 70.2 Å². The van der Waals surface area contributed by atoms with E-state index in [-0.39, 0.29) is 49.3 Å². The number of rotatable bonds is 8. The number of nitrogens with zero attached hydrogens (tertiary/aromatic N) is 1. The van der Waals surface area contributed by atoms with Crippen LogP contribution in [0.4, 0.5) is 0 Å². The van der Waals surface area contributed by atoms with Gasteiger partial charge in [0.25, 0.3) is 11.8 Å². The van der Waals surface area contributed by atoms with Crippen LogP contribution in [0.2, 0.25) is 0 Å². The Balaban J connectivity index is 1.56. The highest BCUT2D eigenvalue weighted by Gasteiger charge is 2.62. The average Bonchev–Trinajstić information content (AvgIpc) is 2.99. The van der Waals surface area contributed by atoms with Crippen molar-refractivity contribution in [2.24, 2.45) is 17.6 Å². The summed E-state index contributed by atoms with van der Waals surface area (Å²) in [5.74, 6) is -6.86. The van der Waals surface area contributed by atoms with Crippen molar-refractivity contribution in [3.63, 3.8) is 0 Å². The highest BCUT2D eigenvalue weighted by Crippen LogP contribution is 2.56. The fourth-order valence-electron chi connectivity index (χ4n) is 7.15. The van der Waals surface area contributed by atoms with Crippen LogP contribution in [0.5, 0.6) is 5.75 Å². The number of aliphatic hydroxyl groups is 4. The zero-order chi connectivity index (χ0) is 33.7. The van der Waals surface area contributed by atoms with Crippen LogP contribution in [0.15, 0.2) is 59.1 Å². The summed E-state index contributed by atoms with van der Waals surface area (Å²) in [7, 11) is 3.11. The molecule has 13 nitrogen and oxygen atoms in total. The van der Waals surface area contributed by atoms with Crippen LogP contribution in [0.25, 0.3) is 11.1 Å². The van der Waals surface area contributed by atoms with Crippen molar-refractivity contribution in [3.8, 4) is 16.9 Å². The number of carbonyl (C=O) groups is 4. The fourth-order valence-corrected chi connectivity index (χ4v) is 7.15. The zero-order valence-electron chi connectivity index (χ0n) is 25.6. The van der Waals surface area contributed by atoms with Crippen molar-refractivity contribution in [1.82, 2.24) is 10.2 Å². The van der Waals surface area contributed by atoms with Crippen LogP contribution < -0.4 is 11.1 Å². The lowest BCUT2D eigenvalue weighted by Gasteiger charge is -2.51. The number of aliphatic hydroxyl groups excluding tert-OH is 3. The number of hydrogen-bond donors (Lipinski definition) is 7. The molecule has 0 radical (unpaired) electrons. The minimum Gasteiger partial charge on any atom is -0.509 e. The number of benzene rings is 2. The number of phenolic OH excluding ortho intramolecular Hbond substituents is 1. The third-order valence-corrected chi connectivity index (χ3v) is 9.15. The molecule has 244 valence electrons. The maximum Gasteiger partial charge on any atom is 0.307 e. The summed E-state index contributed by atoms with van der Waals surface area (Å²) in [4.78, 5) is 51.5. The molecular weight excluding hydrogens is 598 g/mol. The van der Waals surface area contributed by atoms with Gasteiger partial charge in [0.05, 0.1) is 19.1 Å². The minimum absolute atomic E-state index is 0.00902. The van der Waals surface area contributed by atoms with Gasteiger partial charge in [-0.3, -0.25) is 24.1 Å². The van der Waals surface area contributed by atoms with Gasteiger partial charge < -0.3 is 41.3 Å². The molecule has 46 heavy (non-hydrogen) atoms. The molecule has 0 aliphatic heterocycles. The molecule has 2 aromatic carbocycles. The first kappa shape index (κ1) is 32.7. The van der Waals surface area contributed by atoms with Gasteiger partial charge in [-0.25, -0.2) is 0 Å². The van der Waals surface area contributed by atoms with E-state index in [0.29, 0.717) is 22.3 Å². The number of carbonyl (C=O) groups excluding carboxylic acids is 4. The second-order valence-electron chi connectivity index (χ2n) is 12.0. The number of nitrogens with one attached hydrogen (secondary N) is 1. The Morgan fingerprint density at radius 2 is 1.83 bits per heavy atom. The third kappa shape index (κ3) is 5.19. The van der Waals surface area contributed by atoms with Gasteiger partial charge in [0.15, 0.2) is 11.4 Å². The van der Waals surface area contributed by atoms with Crippen molar-refractivity contribution in [2.45, 2.75) is 43.9 Å². The van der Waals surface area contributed by atoms with E-state index in [9.17, 15) is 44.7 Å². The molecule has 2 amide bonds. The van der Waals surface area contributed by atoms with Crippen molar-refractivity contribution in [1.29, 1.82) is 0 Å². The fraction of sp³-hybridized carbons (Fsp3) is 0.394. The monoisotopic (exact) mass is 635 g/mol. The van der Waals surface area contributed by atoms with E-state index in [2.05, 4.69) is 5.32 Å². The number of ketones is 1. The quantitative estimate of drug-likeness (QED) is 0.162. The van der Waals surface area contributed by atoms with E-state index in [4.69, 9.17) is 10.5 Å². The van der Waals surface area contributed by atoms with Crippen LogP contribution in [-0.4, -0.2) is 92.9 Å². The van der Waals surface area contributed by atoms with E-state index in [1.165, 1.54) is 11.0 Å². The first-order valence-corrected chi connectivity index (χ1v) is 14.9. The average molecular weight is 636 g/mol. The number of aromatic hydroxyl groups is 1. The van der Waals surface area contributed by atoms with Crippen molar-refractivity contribution in [2.75, 3.05) is 27.2 Å². The van der Waals surface area contributed by atoms with Crippen LogP contribution in [0, 0.1) is 11.8 Å². The van der Waals surface area contributed by atoms with Crippen molar-refractivity contribution in [3.05, 3.63) is 75.8 Å². The molecule has 3 aliphatic rings. The number of fused-ring (bicyclic) bond motifs is 3. The maximum absolute atomic E-state index is 13.3. The highest BCUT2D eigenvalue weighted by molar-refractivity contribution is 6.22. The summed E-state index contributed by atoms with van der Waals surface area (Å²) in [6.45, 7) is 2.01. The van der Waals surface area contributed by atoms with E-state index in [1.54, 1.807) is 51.4 Å². The molecule has 0 heterocycles. The standard InChI is InChI=1S/C33H37N3O10/c1-4-46-22(38)10-11-35-32(44)16-7-5-6-15(12-16)18-8-9-21(37)24-19(18)13-17-14-20-26(36(2)3)28(40)25(31(34)43)30(42)33(20,45)29(41)23(17)27(24)39/h5-9,12,17,20,26-27,37,39,41-42,45H,4,10-11,13-14H2,1-3H3,(H2,34,43)(H,35,44)/t17-,20-,26-,27?,33-/m0/s1. The molecule has 0 spiro atoms. The zero-order valence-corrected chi connectivity index (χ0v) is 25.6. The predicted molar refractivity (Wildman–Crippen MR) is 163 cm³/mol. The molecule has 5 atom stereocenters. The summed E-state index contributed by atoms with van der Waals surface area (Å²) in [6.07, 6.45) is -1.46. The molecule has 2 aromatic rings. The lowest BCUT2D eigenvalue weighted by atomic mass is 9.58. The number of hydrogen-bond acceptors (Lipinski definition) is 11.